The van der Waals surface area contributed by atoms with Gasteiger partial charge in [0.2, 0.25) is 0 Å². The third-order valence-corrected chi connectivity index (χ3v) is 3.96. The molecule has 1 amide bonds. The zero-order valence-electron chi connectivity index (χ0n) is 14.2. The topological polar surface area (TPSA) is 92.5 Å². The number of phenolic OH excluding ortho intramolecular Hbond substituents is 1. The minimum absolute atomic E-state index is 0.0464. The molecule has 0 atom stereocenters. The van der Waals surface area contributed by atoms with Gasteiger partial charge in [-0.15, -0.1) is 0 Å². The largest absolute Gasteiger partial charge is 0.507 e. The lowest BCUT2D eigenvalue weighted by atomic mass is 10.0. The zero-order valence-corrected chi connectivity index (χ0v) is 14.2. The number of non-ortho nitro benzene ring substituents is 1. The van der Waals surface area contributed by atoms with Gasteiger partial charge in [0.05, 0.1) is 10.5 Å². The van der Waals surface area contributed by atoms with Crippen molar-refractivity contribution in [2.24, 2.45) is 0 Å². The molecule has 0 heterocycles. The quantitative estimate of drug-likeness (QED) is 0.414. The molecule has 0 aromatic heterocycles. The van der Waals surface area contributed by atoms with Crippen LogP contribution >= 0.6 is 0 Å². The molecule has 6 heteroatoms. The fraction of sp³-hybridized carbons (Fsp3) is 0.316. The van der Waals surface area contributed by atoms with Crippen LogP contribution in [0.1, 0.15) is 48.5 Å². The van der Waals surface area contributed by atoms with Crippen LogP contribution in [-0.4, -0.2) is 15.9 Å². The molecule has 0 saturated carbocycles. The number of hydrogen-bond acceptors (Lipinski definition) is 4. The van der Waals surface area contributed by atoms with E-state index in [0.29, 0.717) is 5.69 Å². The number of phenols is 1. The SMILES string of the molecule is CCCCCCc1ccc(O)c(C(=O)Nc2ccc([N+](=O)[O-])cc2)c1. The number of nitrogens with one attached hydrogen (secondary N) is 1. The molecular formula is C19H22N2O4. The highest BCUT2D eigenvalue weighted by molar-refractivity contribution is 6.06. The van der Waals surface area contributed by atoms with Crippen molar-refractivity contribution in [3.05, 3.63) is 63.7 Å². The third kappa shape index (κ3) is 5.31. The number of nitro groups is 1. The highest BCUT2D eigenvalue weighted by Gasteiger charge is 2.13. The highest BCUT2D eigenvalue weighted by Crippen LogP contribution is 2.22. The molecule has 0 saturated heterocycles. The van der Waals surface area contributed by atoms with E-state index in [1.807, 2.05) is 6.07 Å². The number of hydrogen-bond donors (Lipinski definition) is 2. The van der Waals surface area contributed by atoms with Crippen LogP contribution in [0.15, 0.2) is 42.5 Å². The van der Waals surface area contributed by atoms with E-state index in [9.17, 15) is 20.0 Å². The predicted octanol–water partition coefficient (Wildman–Crippen LogP) is 4.68. The first-order valence-electron chi connectivity index (χ1n) is 8.39. The molecule has 0 bridgehead atoms. The van der Waals surface area contributed by atoms with Gasteiger partial charge in [-0.3, -0.25) is 14.9 Å². The molecule has 0 fully saturated rings. The number of nitrogens with zero attached hydrogens (tertiary/aromatic N) is 1. The van der Waals surface area contributed by atoms with Crippen LogP contribution in [0.5, 0.6) is 5.75 Å². The second-order valence-electron chi connectivity index (χ2n) is 5.92. The van der Waals surface area contributed by atoms with E-state index in [2.05, 4.69) is 12.2 Å². The van der Waals surface area contributed by atoms with Crippen molar-refractivity contribution in [1.29, 1.82) is 0 Å². The van der Waals surface area contributed by atoms with E-state index in [0.717, 1.165) is 24.8 Å². The van der Waals surface area contributed by atoms with Crippen LogP contribution in [0.25, 0.3) is 0 Å². The molecule has 2 rings (SSSR count). The summed E-state index contributed by atoms with van der Waals surface area (Å²) in [7, 11) is 0. The first kappa shape index (κ1) is 18.4. The Hall–Kier alpha value is -2.89. The Bertz CT molecular complexity index is 742. The highest BCUT2D eigenvalue weighted by atomic mass is 16.6. The Morgan fingerprint density at radius 2 is 1.84 bits per heavy atom. The Balaban J connectivity index is 2.05. The van der Waals surface area contributed by atoms with Gasteiger partial charge in [0.1, 0.15) is 5.75 Å². The number of carbonyl (C=O) groups excluding carboxylic acids is 1. The summed E-state index contributed by atoms with van der Waals surface area (Å²) in [6.45, 7) is 2.15. The van der Waals surface area contributed by atoms with Gasteiger partial charge in [-0.1, -0.05) is 32.3 Å². The summed E-state index contributed by atoms with van der Waals surface area (Å²) in [5.74, 6) is -0.529. The molecule has 2 N–H and O–H groups in total. The summed E-state index contributed by atoms with van der Waals surface area (Å²) in [6.07, 6.45) is 5.39. The summed E-state index contributed by atoms with van der Waals surface area (Å²) < 4.78 is 0. The average molecular weight is 342 g/mol. The van der Waals surface area contributed by atoms with Crippen LogP contribution in [0.3, 0.4) is 0 Å². The van der Waals surface area contributed by atoms with Crippen molar-refractivity contribution < 1.29 is 14.8 Å². The van der Waals surface area contributed by atoms with Crippen molar-refractivity contribution >= 4 is 17.3 Å². The normalized spacial score (nSPS) is 10.4. The number of benzene rings is 2. The fourth-order valence-electron chi connectivity index (χ4n) is 2.54. The lowest BCUT2D eigenvalue weighted by Crippen LogP contribution is -2.12. The van der Waals surface area contributed by atoms with Gasteiger partial charge in [-0.25, -0.2) is 0 Å². The van der Waals surface area contributed by atoms with E-state index < -0.39 is 10.8 Å². The van der Waals surface area contributed by atoms with Crippen molar-refractivity contribution in [3.63, 3.8) is 0 Å². The van der Waals surface area contributed by atoms with E-state index in [1.54, 1.807) is 6.07 Å². The van der Waals surface area contributed by atoms with Gasteiger partial charge in [-0.2, -0.15) is 0 Å². The first-order valence-corrected chi connectivity index (χ1v) is 8.39. The Morgan fingerprint density at radius 1 is 1.12 bits per heavy atom. The van der Waals surface area contributed by atoms with Crippen LogP contribution in [0.2, 0.25) is 0 Å². The molecule has 2 aromatic carbocycles. The fourth-order valence-corrected chi connectivity index (χ4v) is 2.54. The van der Waals surface area contributed by atoms with Gasteiger partial charge in [0.25, 0.3) is 11.6 Å². The molecule has 25 heavy (non-hydrogen) atoms. The lowest BCUT2D eigenvalue weighted by molar-refractivity contribution is -0.384. The minimum atomic E-state index is -0.501. The standard InChI is InChI=1S/C19H22N2O4/c1-2-3-4-5-6-14-7-12-18(22)17(13-14)19(23)20-15-8-10-16(11-9-15)21(24)25/h7-13,22H,2-6H2,1H3,(H,20,23). The maximum atomic E-state index is 12.4. The van der Waals surface area contributed by atoms with Crippen molar-refractivity contribution in [1.82, 2.24) is 0 Å². The summed E-state index contributed by atoms with van der Waals surface area (Å²) in [4.78, 5) is 22.5. The van der Waals surface area contributed by atoms with Crippen molar-refractivity contribution in [2.45, 2.75) is 39.0 Å². The number of anilines is 1. The molecule has 0 radical (unpaired) electrons. The van der Waals surface area contributed by atoms with E-state index >= 15 is 0 Å². The summed E-state index contributed by atoms with van der Waals surface area (Å²) in [5, 5.41) is 23.3. The van der Waals surface area contributed by atoms with Crippen LogP contribution in [0, 0.1) is 10.1 Å². The molecule has 0 aliphatic rings. The number of rotatable bonds is 8. The summed E-state index contributed by atoms with van der Waals surface area (Å²) in [5.41, 5.74) is 1.59. The van der Waals surface area contributed by atoms with E-state index in [-0.39, 0.29) is 17.0 Å². The Kier molecular flexibility index (Phi) is 6.51. The Labute approximate surface area is 146 Å². The minimum Gasteiger partial charge on any atom is -0.507 e. The number of aryl methyl sites for hydroxylation is 1. The summed E-state index contributed by atoms with van der Waals surface area (Å²) >= 11 is 0. The van der Waals surface area contributed by atoms with Gasteiger partial charge in [0, 0.05) is 17.8 Å². The maximum Gasteiger partial charge on any atom is 0.269 e. The first-order chi connectivity index (χ1) is 12.0. The molecule has 2 aromatic rings. The number of carbonyl (C=O) groups is 1. The monoisotopic (exact) mass is 342 g/mol. The molecule has 132 valence electrons. The number of unbranched alkanes of at least 4 members (excludes halogenated alkanes) is 3. The van der Waals surface area contributed by atoms with Gasteiger partial charge in [0.15, 0.2) is 0 Å². The number of nitro benzene ring substituents is 1. The van der Waals surface area contributed by atoms with E-state index in [1.165, 1.54) is 43.2 Å². The zero-order chi connectivity index (χ0) is 18.2. The van der Waals surface area contributed by atoms with Gasteiger partial charge in [-0.05, 0) is 42.7 Å². The molecule has 0 spiro atoms. The second kappa shape index (κ2) is 8.82. The lowest BCUT2D eigenvalue weighted by Gasteiger charge is -2.09. The Morgan fingerprint density at radius 3 is 2.48 bits per heavy atom. The molecule has 0 aliphatic heterocycles. The molecular weight excluding hydrogens is 320 g/mol. The smallest absolute Gasteiger partial charge is 0.269 e. The van der Waals surface area contributed by atoms with Crippen molar-refractivity contribution in [2.75, 3.05) is 5.32 Å². The molecule has 0 unspecified atom stereocenters. The van der Waals surface area contributed by atoms with E-state index in [4.69, 9.17) is 0 Å². The van der Waals surface area contributed by atoms with Crippen molar-refractivity contribution in [3.8, 4) is 5.75 Å². The maximum absolute atomic E-state index is 12.4. The predicted molar refractivity (Wildman–Crippen MR) is 97.0 cm³/mol. The second-order valence-corrected chi connectivity index (χ2v) is 5.92. The van der Waals surface area contributed by atoms with Gasteiger partial charge < -0.3 is 10.4 Å². The van der Waals surface area contributed by atoms with Crippen LogP contribution < -0.4 is 5.32 Å². The van der Waals surface area contributed by atoms with Crippen LogP contribution in [0.4, 0.5) is 11.4 Å². The molecule has 0 aliphatic carbocycles. The number of aromatic hydroxyl groups is 1. The van der Waals surface area contributed by atoms with Gasteiger partial charge >= 0.3 is 0 Å². The van der Waals surface area contributed by atoms with Crippen LogP contribution in [-0.2, 0) is 6.42 Å². The molecule has 6 nitrogen and oxygen atoms in total. The average Bonchev–Trinajstić information content (AvgIpc) is 2.60. The third-order valence-electron chi connectivity index (χ3n) is 3.96. The number of amides is 1. The summed E-state index contributed by atoms with van der Waals surface area (Å²) in [6, 6.07) is 10.6.